The lowest BCUT2D eigenvalue weighted by molar-refractivity contribution is 0.0925. The molecule has 3 heterocycles. The summed E-state index contributed by atoms with van der Waals surface area (Å²) < 4.78 is 80.4. The van der Waals surface area contributed by atoms with E-state index in [0.29, 0.717) is 40.7 Å². The first-order valence-corrected chi connectivity index (χ1v) is 19.8. The average Bonchev–Trinajstić information content (AvgIpc) is 3.54. The highest BCUT2D eigenvalue weighted by molar-refractivity contribution is 7.92. The number of nitrogens with zero attached hydrogens (tertiary/aromatic N) is 5. The SMILES string of the molecule is CCN(c1cc2oc(-c3ccc(F)cc3)c(-c3nccn3S(C)(=O)=O)c2cc1-c1ccc(OC)c(C(=O)NC2(c3ncccn3)CC2)c1)S(C)(=O)=O. The molecule has 1 N–H and O–H groups in total. The molecule has 1 amide bonds. The van der Waals surface area contributed by atoms with Gasteiger partial charge in [-0.05, 0) is 73.9 Å². The lowest BCUT2D eigenvalue weighted by Gasteiger charge is -2.24. The molecule has 0 bridgehead atoms. The third-order valence-corrected chi connectivity index (χ3v) is 11.2. The van der Waals surface area contributed by atoms with Crippen LogP contribution in [0.15, 0.2) is 89.9 Å². The molecule has 0 atom stereocenters. The van der Waals surface area contributed by atoms with E-state index in [4.69, 9.17) is 9.15 Å². The number of fused-ring (bicyclic) bond motifs is 1. The number of imidazole rings is 1. The first kappa shape index (κ1) is 34.8. The molecule has 13 nitrogen and oxygen atoms in total. The fourth-order valence-electron chi connectivity index (χ4n) is 6.33. The smallest absolute Gasteiger partial charge is 0.255 e. The van der Waals surface area contributed by atoms with Gasteiger partial charge in [-0.1, -0.05) is 6.07 Å². The second kappa shape index (κ2) is 12.9. The second-order valence-corrected chi connectivity index (χ2v) is 16.2. The first-order chi connectivity index (χ1) is 24.7. The number of methoxy groups -OCH3 is 1. The monoisotopic (exact) mass is 744 g/mol. The molecule has 6 aromatic rings. The molecule has 0 saturated heterocycles. The van der Waals surface area contributed by atoms with Gasteiger partial charge < -0.3 is 14.5 Å². The van der Waals surface area contributed by atoms with Gasteiger partial charge in [-0.2, -0.15) is 0 Å². The van der Waals surface area contributed by atoms with Crippen molar-refractivity contribution in [2.45, 2.75) is 25.3 Å². The number of hydrogen-bond donors (Lipinski definition) is 1. The van der Waals surface area contributed by atoms with Crippen molar-refractivity contribution >= 4 is 42.6 Å². The molecule has 1 fully saturated rings. The number of aromatic nitrogens is 4. The van der Waals surface area contributed by atoms with Gasteiger partial charge in [0.15, 0.2) is 11.6 Å². The van der Waals surface area contributed by atoms with Crippen LogP contribution >= 0.6 is 0 Å². The van der Waals surface area contributed by atoms with E-state index in [1.807, 2.05) is 0 Å². The van der Waals surface area contributed by atoms with Gasteiger partial charge in [-0.3, -0.25) is 9.10 Å². The molecule has 3 aromatic carbocycles. The van der Waals surface area contributed by atoms with Gasteiger partial charge >= 0.3 is 0 Å². The van der Waals surface area contributed by atoms with Crippen molar-refractivity contribution in [3.05, 3.63) is 103 Å². The van der Waals surface area contributed by atoms with Crippen molar-refractivity contribution in [2.24, 2.45) is 0 Å². The topological polar surface area (TPSA) is 167 Å². The molecule has 1 aliphatic carbocycles. The highest BCUT2D eigenvalue weighted by atomic mass is 32.2. The molecule has 52 heavy (non-hydrogen) atoms. The van der Waals surface area contributed by atoms with Crippen LogP contribution in [0.2, 0.25) is 0 Å². The number of carbonyl (C=O) groups is 1. The van der Waals surface area contributed by atoms with Gasteiger partial charge in [0.25, 0.3) is 5.91 Å². The minimum atomic E-state index is -3.85. The predicted octanol–water partition coefficient (Wildman–Crippen LogP) is 5.58. The highest BCUT2D eigenvalue weighted by Gasteiger charge is 2.48. The third-order valence-electron chi connectivity index (χ3n) is 8.91. The van der Waals surface area contributed by atoms with Crippen molar-refractivity contribution in [1.82, 2.24) is 24.2 Å². The zero-order valence-corrected chi connectivity index (χ0v) is 30.1. The van der Waals surface area contributed by atoms with Crippen LogP contribution in [0.5, 0.6) is 5.75 Å². The number of hydrogen-bond acceptors (Lipinski definition) is 10. The lowest BCUT2D eigenvalue weighted by Crippen LogP contribution is -2.36. The van der Waals surface area contributed by atoms with Crippen LogP contribution in [0.3, 0.4) is 0 Å². The number of furan rings is 1. The summed E-state index contributed by atoms with van der Waals surface area (Å²) in [7, 11) is -6.26. The average molecular weight is 745 g/mol. The summed E-state index contributed by atoms with van der Waals surface area (Å²) in [6.45, 7) is 1.74. The summed E-state index contributed by atoms with van der Waals surface area (Å²) in [5.74, 6) is 0.0570. The largest absolute Gasteiger partial charge is 0.496 e. The zero-order chi connectivity index (χ0) is 37.0. The number of ether oxygens (including phenoxy) is 1. The number of sulfonamides is 1. The van der Waals surface area contributed by atoms with Crippen molar-refractivity contribution < 1.29 is 35.2 Å². The van der Waals surface area contributed by atoms with Crippen LogP contribution in [-0.4, -0.2) is 67.8 Å². The molecule has 0 aliphatic heterocycles. The number of carbonyl (C=O) groups excluding carboxylic acids is 1. The van der Waals surface area contributed by atoms with E-state index in [9.17, 15) is 26.0 Å². The van der Waals surface area contributed by atoms with E-state index < -0.39 is 37.3 Å². The Kier molecular flexibility index (Phi) is 8.61. The van der Waals surface area contributed by atoms with Gasteiger partial charge in [0.1, 0.15) is 28.4 Å². The maximum Gasteiger partial charge on any atom is 0.255 e. The molecule has 16 heteroatoms. The second-order valence-electron chi connectivity index (χ2n) is 12.4. The summed E-state index contributed by atoms with van der Waals surface area (Å²) in [6, 6.07) is 15.3. The molecular weight excluding hydrogens is 712 g/mol. The Hall–Kier alpha value is -5.61. The Morgan fingerprint density at radius 2 is 1.67 bits per heavy atom. The number of halogens is 1. The van der Waals surface area contributed by atoms with Crippen LogP contribution in [0, 0.1) is 5.82 Å². The molecular formula is C36H33FN6O7S2. The Morgan fingerprint density at radius 1 is 0.981 bits per heavy atom. The molecule has 1 saturated carbocycles. The first-order valence-electron chi connectivity index (χ1n) is 16.1. The van der Waals surface area contributed by atoms with Crippen LogP contribution in [0.4, 0.5) is 10.1 Å². The highest BCUT2D eigenvalue weighted by Crippen LogP contribution is 2.47. The molecule has 268 valence electrons. The number of amides is 1. The van der Waals surface area contributed by atoms with Crippen molar-refractivity contribution in [3.8, 4) is 39.6 Å². The molecule has 1 aliphatic rings. The molecule has 0 radical (unpaired) electrons. The lowest BCUT2D eigenvalue weighted by atomic mass is 9.96. The summed E-state index contributed by atoms with van der Waals surface area (Å²) in [5, 5.41) is 3.46. The number of nitrogens with one attached hydrogen (secondary N) is 1. The van der Waals surface area contributed by atoms with Gasteiger partial charge in [-0.15, -0.1) is 0 Å². The Bertz CT molecular complexity index is 2570. The predicted molar refractivity (Wildman–Crippen MR) is 193 cm³/mol. The summed E-state index contributed by atoms with van der Waals surface area (Å²) in [6.07, 6.45) is 9.28. The van der Waals surface area contributed by atoms with Crippen molar-refractivity contribution in [2.75, 3.05) is 30.5 Å². The van der Waals surface area contributed by atoms with Gasteiger partial charge in [0.2, 0.25) is 20.0 Å². The molecule has 7 rings (SSSR count). The van der Waals surface area contributed by atoms with Crippen LogP contribution < -0.4 is 14.4 Å². The Morgan fingerprint density at radius 3 is 2.29 bits per heavy atom. The summed E-state index contributed by atoms with van der Waals surface area (Å²) in [5.41, 5.74) is 1.43. The normalized spacial score (nSPS) is 13.9. The van der Waals surface area contributed by atoms with E-state index in [1.165, 1.54) is 48.1 Å². The zero-order valence-electron chi connectivity index (χ0n) is 28.5. The quantitative estimate of drug-likeness (QED) is 0.177. The van der Waals surface area contributed by atoms with Crippen LogP contribution in [0.25, 0.3) is 44.8 Å². The Balaban J connectivity index is 1.48. The standard InChI is InChI=1S/C36H33FN6O7S2/c1-5-42(51(3,45)46)28-21-30-26(31(33-38-17-18-43(33)52(4,47)48)32(50-30)22-7-10-24(37)11-8-22)20-25(28)23-9-12-29(49-2)27(19-23)34(44)41-36(13-14-36)35-39-15-6-16-40-35/h6-12,15-21H,5,13-14H2,1-4H3,(H,41,44). The van der Waals surface area contributed by atoms with Gasteiger partial charge in [-0.25, -0.2) is 40.2 Å². The fraction of sp³-hybridized carbons (Fsp3) is 0.222. The third kappa shape index (κ3) is 6.28. The number of rotatable bonds is 11. The van der Waals surface area contributed by atoms with Gasteiger partial charge in [0, 0.05) is 53.9 Å². The number of benzene rings is 3. The maximum atomic E-state index is 14.0. The molecule has 0 spiro atoms. The molecule has 0 unspecified atom stereocenters. The van der Waals surface area contributed by atoms with Crippen molar-refractivity contribution in [3.63, 3.8) is 0 Å². The Labute approximate surface area is 299 Å². The minimum absolute atomic E-state index is 0.0300. The van der Waals surface area contributed by atoms with E-state index in [1.54, 1.807) is 55.7 Å². The van der Waals surface area contributed by atoms with Gasteiger partial charge in [0.05, 0.1) is 36.4 Å². The number of anilines is 1. The molecule has 3 aromatic heterocycles. The van der Waals surface area contributed by atoms with E-state index in [-0.39, 0.29) is 46.3 Å². The fourth-order valence-corrected chi connectivity index (χ4v) is 8.03. The minimum Gasteiger partial charge on any atom is -0.496 e. The van der Waals surface area contributed by atoms with Crippen LogP contribution in [-0.2, 0) is 25.6 Å². The van der Waals surface area contributed by atoms with E-state index in [0.717, 1.165) is 16.5 Å². The summed E-state index contributed by atoms with van der Waals surface area (Å²) in [4.78, 5) is 27.0. The van der Waals surface area contributed by atoms with E-state index in [2.05, 4.69) is 20.3 Å². The maximum absolute atomic E-state index is 14.0. The van der Waals surface area contributed by atoms with Crippen LogP contribution in [0.1, 0.15) is 35.9 Å². The summed E-state index contributed by atoms with van der Waals surface area (Å²) >= 11 is 0. The van der Waals surface area contributed by atoms with E-state index >= 15 is 0 Å². The van der Waals surface area contributed by atoms with Crippen molar-refractivity contribution in [1.29, 1.82) is 0 Å².